The Labute approximate surface area is 119 Å². The average Bonchev–Trinajstić information content (AvgIpc) is 2.90. The maximum Gasteiger partial charge on any atom is 0.410 e. The fourth-order valence-electron chi connectivity index (χ4n) is 1.67. The summed E-state index contributed by atoms with van der Waals surface area (Å²) in [4.78, 5) is 17.5. The molecule has 0 aliphatic carbocycles. The van der Waals surface area contributed by atoms with Crippen LogP contribution in [0.2, 0.25) is 0 Å². The third-order valence-electron chi connectivity index (χ3n) is 2.65. The van der Waals surface area contributed by atoms with Crippen LogP contribution in [0.5, 0.6) is 0 Å². The summed E-state index contributed by atoms with van der Waals surface area (Å²) in [6.45, 7) is 2.39. The van der Waals surface area contributed by atoms with Crippen molar-refractivity contribution in [3.63, 3.8) is 0 Å². The Bertz CT molecular complexity index is 437. The van der Waals surface area contributed by atoms with Crippen molar-refractivity contribution in [3.05, 3.63) is 35.9 Å². The van der Waals surface area contributed by atoms with Crippen LogP contribution in [0.1, 0.15) is 5.56 Å². The van der Waals surface area contributed by atoms with Gasteiger partial charge in [0.05, 0.1) is 13.1 Å². The molecule has 6 heteroatoms. The van der Waals surface area contributed by atoms with Gasteiger partial charge in [-0.15, -0.1) is 12.4 Å². The van der Waals surface area contributed by atoms with E-state index in [9.17, 15) is 4.79 Å². The van der Waals surface area contributed by atoms with Crippen molar-refractivity contribution in [2.24, 2.45) is 4.99 Å². The summed E-state index contributed by atoms with van der Waals surface area (Å²) < 4.78 is 5.20. The zero-order chi connectivity index (χ0) is 12.8. The molecule has 19 heavy (non-hydrogen) atoms. The molecule has 0 unspecified atom stereocenters. The highest BCUT2D eigenvalue weighted by Gasteiger charge is 2.14. The summed E-state index contributed by atoms with van der Waals surface area (Å²) in [7, 11) is 1.70. The van der Waals surface area contributed by atoms with E-state index in [0.717, 1.165) is 24.5 Å². The van der Waals surface area contributed by atoms with Gasteiger partial charge in [0.15, 0.2) is 0 Å². The second-order valence-corrected chi connectivity index (χ2v) is 4.15. The highest BCUT2D eigenvalue weighted by atomic mass is 35.5. The molecule has 1 aliphatic heterocycles. The van der Waals surface area contributed by atoms with Gasteiger partial charge in [0, 0.05) is 13.6 Å². The maximum atomic E-state index is 11.7. The van der Waals surface area contributed by atoms with E-state index in [1.54, 1.807) is 7.05 Å². The van der Waals surface area contributed by atoms with Crippen LogP contribution in [0.15, 0.2) is 35.3 Å². The summed E-state index contributed by atoms with van der Waals surface area (Å²) in [5.74, 6) is 0.842. The molecule has 0 saturated heterocycles. The van der Waals surface area contributed by atoms with Crippen LogP contribution in [-0.4, -0.2) is 43.5 Å². The molecule has 0 bridgehead atoms. The lowest BCUT2D eigenvalue weighted by molar-refractivity contribution is 0.109. The zero-order valence-corrected chi connectivity index (χ0v) is 11.7. The van der Waals surface area contributed by atoms with Gasteiger partial charge in [0.2, 0.25) is 0 Å². The first-order valence-corrected chi connectivity index (χ1v) is 5.95. The molecule has 0 spiro atoms. The van der Waals surface area contributed by atoms with Gasteiger partial charge >= 0.3 is 6.09 Å². The van der Waals surface area contributed by atoms with Crippen molar-refractivity contribution >= 4 is 24.3 Å². The Morgan fingerprint density at radius 2 is 2.16 bits per heavy atom. The van der Waals surface area contributed by atoms with Gasteiger partial charge in [0.1, 0.15) is 12.4 Å². The Kier molecular flexibility index (Phi) is 6.15. The molecule has 1 N–H and O–H groups in total. The minimum absolute atomic E-state index is 0. The molecule has 1 aromatic carbocycles. The van der Waals surface area contributed by atoms with Crippen LogP contribution in [-0.2, 0) is 11.3 Å². The number of aliphatic imine (C=N–C) groups is 1. The minimum atomic E-state index is -0.338. The SMILES string of the molecule is CN(CC1=NCCN1)C(=O)OCc1ccccc1.Cl. The highest BCUT2D eigenvalue weighted by Crippen LogP contribution is 2.02. The summed E-state index contributed by atoms with van der Waals surface area (Å²) in [6, 6.07) is 9.63. The molecular weight excluding hydrogens is 266 g/mol. The number of nitrogens with one attached hydrogen (secondary N) is 1. The van der Waals surface area contributed by atoms with Gasteiger partial charge in [-0.3, -0.25) is 4.99 Å². The van der Waals surface area contributed by atoms with Crippen molar-refractivity contribution < 1.29 is 9.53 Å². The van der Waals surface area contributed by atoms with Crippen molar-refractivity contribution in [2.75, 3.05) is 26.7 Å². The van der Waals surface area contributed by atoms with Gasteiger partial charge in [-0.05, 0) is 5.56 Å². The van der Waals surface area contributed by atoms with Gasteiger partial charge in [0.25, 0.3) is 0 Å². The summed E-state index contributed by atoms with van der Waals surface area (Å²) in [6.07, 6.45) is -0.338. The molecule has 1 heterocycles. The van der Waals surface area contributed by atoms with Gasteiger partial charge in [-0.1, -0.05) is 30.3 Å². The molecule has 104 valence electrons. The summed E-state index contributed by atoms with van der Waals surface area (Å²) in [5.41, 5.74) is 0.982. The highest BCUT2D eigenvalue weighted by molar-refractivity contribution is 5.87. The molecule has 2 rings (SSSR count). The predicted molar refractivity (Wildman–Crippen MR) is 76.8 cm³/mol. The number of amides is 1. The van der Waals surface area contributed by atoms with Gasteiger partial charge < -0.3 is 15.0 Å². The van der Waals surface area contributed by atoms with E-state index in [2.05, 4.69) is 10.3 Å². The molecule has 1 aliphatic rings. The Balaban J connectivity index is 0.00000180. The van der Waals surface area contributed by atoms with Crippen LogP contribution in [0.3, 0.4) is 0 Å². The van der Waals surface area contributed by atoms with Crippen LogP contribution >= 0.6 is 12.4 Å². The molecule has 0 fully saturated rings. The quantitative estimate of drug-likeness (QED) is 0.915. The van der Waals surface area contributed by atoms with Crippen LogP contribution in [0, 0.1) is 0 Å². The summed E-state index contributed by atoms with van der Waals surface area (Å²) >= 11 is 0. The topological polar surface area (TPSA) is 53.9 Å². The number of nitrogens with zero attached hydrogens (tertiary/aromatic N) is 2. The van der Waals surface area contributed by atoms with E-state index in [1.165, 1.54) is 4.90 Å². The fraction of sp³-hybridized carbons (Fsp3) is 0.385. The second-order valence-electron chi connectivity index (χ2n) is 4.15. The van der Waals surface area contributed by atoms with E-state index < -0.39 is 0 Å². The second kappa shape index (κ2) is 7.63. The number of hydrogen-bond donors (Lipinski definition) is 1. The number of benzene rings is 1. The number of hydrogen-bond acceptors (Lipinski definition) is 4. The lowest BCUT2D eigenvalue weighted by atomic mass is 10.2. The van der Waals surface area contributed by atoms with Gasteiger partial charge in [-0.25, -0.2) is 4.79 Å². The van der Waals surface area contributed by atoms with E-state index in [0.29, 0.717) is 13.2 Å². The van der Waals surface area contributed by atoms with E-state index in [1.807, 2.05) is 30.3 Å². The van der Waals surface area contributed by atoms with Crippen LogP contribution < -0.4 is 5.32 Å². The Hall–Kier alpha value is -1.75. The standard InChI is InChI=1S/C13H17N3O2.ClH/c1-16(9-12-14-7-8-15-12)13(17)18-10-11-5-3-2-4-6-11;/h2-6H,7-10H2,1H3,(H,14,15);1H. The molecule has 1 aromatic rings. The molecule has 0 saturated carbocycles. The van der Waals surface area contributed by atoms with E-state index in [-0.39, 0.29) is 18.5 Å². The first-order valence-electron chi connectivity index (χ1n) is 5.95. The van der Waals surface area contributed by atoms with Crippen LogP contribution in [0.4, 0.5) is 4.79 Å². The number of carbonyl (C=O) groups is 1. The molecule has 0 radical (unpaired) electrons. The van der Waals surface area contributed by atoms with E-state index >= 15 is 0 Å². The first kappa shape index (κ1) is 15.3. The van der Waals surface area contributed by atoms with Crippen LogP contribution in [0.25, 0.3) is 0 Å². The largest absolute Gasteiger partial charge is 0.445 e. The van der Waals surface area contributed by atoms with Gasteiger partial charge in [-0.2, -0.15) is 0 Å². The minimum Gasteiger partial charge on any atom is -0.445 e. The van der Waals surface area contributed by atoms with Crippen molar-refractivity contribution in [1.82, 2.24) is 10.2 Å². The summed E-state index contributed by atoms with van der Waals surface area (Å²) in [5, 5.41) is 3.12. The van der Waals surface area contributed by atoms with Crippen molar-refractivity contribution in [3.8, 4) is 0 Å². The molecule has 0 aromatic heterocycles. The number of carbonyl (C=O) groups excluding carboxylic acids is 1. The number of rotatable bonds is 4. The Morgan fingerprint density at radius 1 is 1.42 bits per heavy atom. The van der Waals surface area contributed by atoms with E-state index in [4.69, 9.17) is 4.74 Å². The third kappa shape index (κ3) is 4.79. The average molecular weight is 284 g/mol. The fourth-order valence-corrected chi connectivity index (χ4v) is 1.67. The molecule has 1 amide bonds. The third-order valence-corrected chi connectivity index (χ3v) is 2.65. The zero-order valence-electron chi connectivity index (χ0n) is 10.8. The lowest BCUT2D eigenvalue weighted by Crippen LogP contribution is -2.36. The first-order chi connectivity index (χ1) is 8.75. The molecule has 5 nitrogen and oxygen atoms in total. The number of ether oxygens (including phenoxy) is 1. The number of halogens is 1. The lowest BCUT2D eigenvalue weighted by Gasteiger charge is -2.17. The van der Waals surface area contributed by atoms with Crippen molar-refractivity contribution in [2.45, 2.75) is 6.61 Å². The monoisotopic (exact) mass is 283 g/mol. The Morgan fingerprint density at radius 3 is 2.79 bits per heavy atom. The smallest absolute Gasteiger partial charge is 0.410 e. The number of amidine groups is 1. The molecular formula is C13H18ClN3O2. The number of likely N-dealkylation sites (N-methyl/N-ethyl adjacent to an activating group) is 1. The normalized spacial score (nSPS) is 13.0. The predicted octanol–water partition coefficient (Wildman–Crippen LogP) is 1.68. The van der Waals surface area contributed by atoms with Crippen molar-refractivity contribution in [1.29, 1.82) is 0 Å². The molecule has 0 atom stereocenters. The maximum absolute atomic E-state index is 11.7.